The van der Waals surface area contributed by atoms with Crippen molar-refractivity contribution < 1.29 is 0 Å². The number of nitrogens with zero attached hydrogens (tertiary/aromatic N) is 4. The average Bonchev–Trinajstić information content (AvgIpc) is 3.81. The Balaban J connectivity index is 0.000000649. The molecule has 1 aliphatic carbocycles. The third kappa shape index (κ3) is 7.61. The molecule has 11 aromatic rings. The van der Waals surface area contributed by atoms with Crippen molar-refractivity contribution in [2.24, 2.45) is 0 Å². The summed E-state index contributed by atoms with van der Waals surface area (Å²) in [7, 11) is 0. The molecule has 0 saturated carbocycles. The number of benzene rings is 9. The van der Waals surface area contributed by atoms with Gasteiger partial charge in [0.2, 0.25) is 0 Å². The van der Waals surface area contributed by atoms with Crippen molar-refractivity contribution in [2.45, 2.75) is 40.0 Å². The fraction of sp³-hybridized carbons (Fsp3) is 0.0952. The molecule has 0 fully saturated rings. The van der Waals surface area contributed by atoms with E-state index in [1.165, 1.54) is 77.5 Å². The lowest BCUT2D eigenvalue weighted by molar-refractivity contribution is 0.661. The fourth-order valence-corrected chi connectivity index (χ4v) is 9.89. The summed E-state index contributed by atoms with van der Waals surface area (Å²) >= 11 is 0. The van der Waals surface area contributed by atoms with Crippen molar-refractivity contribution in [2.75, 3.05) is 0 Å². The van der Waals surface area contributed by atoms with Crippen LogP contribution in [0.1, 0.15) is 41.7 Å². The Morgan fingerprint density at radius 1 is 0.343 bits per heavy atom. The normalized spacial score (nSPS) is 12.4. The molecule has 0 amide bonds. The molecule has 0 aliphatic heterocycles. The molecule has 2 heterocycles. The van der Waals surface area contributed by atoms with Crippen LogP contribution in [0.2, 0.25) is 0 Å². The van der Waals surface area contributed by atoms with Crippen LogP contribution in [0.4, 0.5) is 0 Å². The predicted molar refractivity (Wildman–Crippen MR) is 280 cm³/mol. The maximum absolute atomic E-state index is 5.09. The Morgan fingerprint density at radius 2 is 0.881 bits per heavy atom. The standard InChI is InChI=1S/C56H42N4.C7H8/c1-35-16-11-12-23-43(35)45-31-39(27-26-36(45)2)40-28-29-51-47(32-40)48-33-46-44-24-13-14-25-49(44)56(3,4)50(46)34-52(48)60(51)42-22-15-21-41(30-42)55-58-53(37-17-7-5-8-18-37)57-54(59-55)38-19-9-6-10-20-38;1-7-5-3-2-4-6-7/h5-34H,1-4H3;2-6H,1H3. The zero-order valence-corrected chi connectivity index (χ0v) is 38.5. The van der Waals surface area contributed by atoms with Gasteiger partial charge >= 0.3 is 0 Å². The van der Waals surface area contributed by atoms with Crippen LogP contribution in [0.5, 0.6) is 0 Å². The first-order chi connectivity index (χ1) is 32.7. The van der Waals surface area contributed by atoms with Crippen LogP contribution in [0, 0.1) is 20.8 Å². The van der Waals surface area contributed by atoms with Gasteiger partial charge in [-0.25, -0.2) is 15.0 Å². The Morgan fingerprint density at radius 3 is 1.54 bits per heavy atom. The van der Waals surface area contributed by atoms with E-state index < -0.39 is 0 Å². The molecule has 322 valence electrons. The maximum atomic E-state index is 5.09. The smallest absolute Gasteiger partial charge is 0.164 e. The summed E-state index contributed by atoms with van der Waals surface area (Å²) in [5, 5.41) is 2.45. The van der Waals surface area contributed by atoms with Gasteiger partial charge in [0.1, 0.15) is 0 Å². The molecule has 2 aromatic heterocycles. The monoisotopic (exact) mass is 862 g/mol. The number of hydrogen-bond donors (Lipinski definition) is 0. The highest BCUT2D eigenvalue weighted by molar-refractivity contribution is 6.13. The molecule has 9 aromatic carbocycles. The third-order valence-corrected chi connectivity index (χ3v) is 13.5. The average molecular weight is 863 g/mol. The Kier molecular flexibility index (Phi) is 10.5. The summed E-state index contributed by atoms with van der Waals surface area (Å²) in [6.07, 6.45) is 0. The second kappa shape index (κ2) is 17.0. The van der Waals surface area contributed by atoms with E-state index in [-0.39, 0.29) is 5.41 Å². The molecule has 0 bridgehead atoms. The first-order valence-corrected chi connectivity index (χ1v) is 23.1. The van der Waals surface area contributed by atoms with Crippen LogP contribution in [0.3, 0.4) is 0 Å². The molecule has 4 heteroatoms. The molecule has 0 unspecified atom stereocenters. The van der Waals surface area contributed by atoms with Gasteiger partial charge in [-0.2, -0.15) is 0 Å². The predicted octanol–water partition coefficient (Wildman–Crippen LogP) is 16.2. The summed E-state index contributed by atoms with van der Waals surface area (Å²) in [6.45, 7) is 11.2. The lowest BCUT2D eigenvalue weighted by Gasteiger charge is -2.21. The quantitative estimate of drug-likeness (QED) is 0.167. The van der Waals surface area contributed by atoms with Crippen LogP contribution in [0.15, 0.2) is 212 Å². The van der Waals surface area contributed by atoms with E-state index in [4.69, 9.17) is 15.0 Å². The van der Waals surface area contributed by atoms with Gasteiger partial charge in [-0.05, 0) is 119 Å². The van der Waals surface area contributed by atoms with Gasteiger partial charge in [-0.15, -0.1) is 0 Å². The largest absolute Gasteiger partial charge is 0.309 e. The van der Waals surface area contributed by atoms with Crippen molar-refractivity contribution >= 4 is 21.8 Å². The lowest BCUT2D eigenvalue weighted by Crippen LogP contribution is -2.14. The molecule has 0 saturated heterocycles. The van der Waals surface area contributed by atoms with Crippen LogP contribution in [-0.4, -0.2) is 19.5 Å². The number of aryl methyl sites for hydroxylation is 3. The van der Waals surface area contributed by atoms with Crippen molar-refractivity contribution in [1.29, 1.82) is 0 Å². The maximum Gasteiger partial charge on any atom is 0.164 e. The summed E-state index contributed by atoms with van der Waals surface area (Å²) in [6, 6.07) is 75.6. The first kappa shape index (κ1) is 41.5. The molecule has 0 radical (unpaired) electrons. The molecule has 0 atom stereocenters. The minimum Gasteiger partial charge on any atom is -0.309 e. The van der Waals surface area contributed by atoms with Crippen LogP contribution in [0.25, 0.3) is 95.0 Å². The number of rotatable bonds is 6. The van der Waals surface area contributed by atoms with Gasteiger partial charge in [0.05, 0.1) is 11.0 Å². The summed E-state index contributed by atoms with van der Waals surface area (Å²) in [5.74, 6) is 1.93. The molecule has 4 nitrogen and oxygen atoms in total. The van der Waals surface area contributed by atoms with Crippen molar-refractivity contribution in [3.8, 4) is 73.2 Å². The van der Waals surface area contributed by atoms with Gasteiger partial charge in [0, 0.05) is 38.6 Å². The lowest BCUT2D eigenvalue weighted by atomic mass is 9.82. The number of hydrogen-bond acceptors (Lipinski definition) is 3. The summed E-state index contributed by atoms with van der Waals surface area (Å²) in [4.78, 5) is 15.1. The minimum atomic E-state index is -0.144. The van der Waals surface area contributed by atoms with E-state index in [9.17, 15) is 0 Å². The zero-order valence-electron chi connectivity index (χ0n) is 38.5. The summed E-state index contributed by atoms with van der Waals surface area (Å²) in [5.41, 5.74) is 20.2. The van der Waals surface area contributed by atoms with E-state index in [1.807, 2.05) is 54.6 Å². The molecule has 12 rings (SSSR count). The van der Waals surface area contributed by atoms with Gasteiger partial charge < -0.3 is 4.57 Å². The van der Waals surface area contributed by atoms with E-state index in [0.29, 0.717) is 17.5 Å². The van der Waals surface area contributed by atoms with Crippen molar-refractivity contribution in [1.82, 2.24) is 19.5 Å². The van der Waals surface area contributed by atoms with Crippen LogP contribution < -0.4 is 0 Å². The Bertz CT molecular complexity index is 3570. The molecule has 0 N–H and O–H groups in total. The van der Waals surface area contributed by atoms with Crippen LogP contribution >= 0.6 is 0 Å². The van der Waals surface area contributed by atoms with Gasteiger partial charge in [-0.1, -0.05) is 189 Å². The Labute approximate surface area is 393 Å². The summed E-state index contributed by atoms with van der Waals surface area (Å²) < 4.78 is 2.43. The van der Waals surface area contributed by atoms with Crippen molar-refractivity contribution in [3.63, 3.8) is 0 Å². The molecule has 67 heavy (non-hydrogen) atoms. The topological polar surface area (TPSA) is 43.6 Å². The number of fused-ring (bicyclic) bond motifs is 6. The second-order valence-electron chi connectivity index (χ2n) is 18.2. The van der Waals surface area contributed by atoms with E-state index in [1.54, 1.807) is 0 Å². The minimum absolute atomic E-state index is 0.144. The van der Waals surface area contributed by atoms with Crippen molar-refractivity contribution in [3.05, 3.63) is 240 Å². The Hall–Kier alpha value is -8.21. The second-order valence-corrected chi connectivity index (χ2v) is 18.2. The van der Waals surface area contributed by atoms with Gasteiger partial charge in [0.15, 0.2) is 17.5 Å². The molecular weight excluding hydrogens is 813 g/mol. The van der Waals surface area contributed by atoms with E-state index in [2.05, 4.69) is 197 Å². The third-order valence-electron chi connectivity index (χ3n) is 13.5. The highest BCUT2D eigenvalue weighted by Gasteiger charge is 2.36. The highest BCUT2D eigenvalue weighted by Crippen LogP contribution is 2.51. The fourth-order valence-electron chi connectivity index (χ4n) is 9.89. The molecule has 1 aliphatic rings. The van der Waals surface area contributed by atoms with Gasteiger partial charge in [0.25, 0.3) is 0 Å². The van der Waals surface area contributed by atoms with E-state index >= 15 is 0 Å². The van der Waals surface area contributed by atoms with Gasteiger partial charge in [-0.3, -0.25) is 0 Å². The van der Waals surface area contributed by atoms with Crippen LogP contribution in [-0.2, 0) is 5.41 Å². The van der Waals surface area contributed by atoms with E-state index in [0.717, 1.165) is 27.9 Å². The highest BCUT2D eigenvalue weighted by atomic mass is 15.0. The zero-order chi connectivity index (χ0) is 45.6. The molecular formula is C63H50N4. The molecule has 0 spiro atoms. The first-order valence-electron chi connectivity index (χ1n) is 23.1. The SMILES string of the molecule is Cc1ccccc1.Cc1ccccc1-c1cc(-c2ccc3c(c2)c2cc4c(cc2n3-c2cccc(-c3nc(-c5ccccc5)nc(-c5ccccc5)n3)c2)C(C)(C)c2ccccc2-4)ccc1C. The number of aromatic nitrogens is 4.